The predicted octanol–water partition coefficient (Wildman–Crippen LogP) is 1.29. The fourth-order valence-corrected chi connectivity index (χ4v) is 2.15. The van der Waals surface area contributed by atoms with Gasteiger partial charge in [-0.2, -0.15) is 0 Å². The maximum Gasteiger partial charge on any atom is 0.183 e. The number of hydrogen-bond donors (Lipinski definition) is 2. The topological polar surface area (TPSA) is 76.2 Å². The third kappa shape index (κ3) is 1.74. The first-order valence-corrected chi connectivity index (χ1v) is 5.68. The van der Waals surface area contributed by atoms with Gasteiger partial charge in [-0.05, 0) is 0 Å². The van der Waals surface area contributed by atoms with Crippen LogP contribution in [0.4, 0.5) is 10.2 Å². The largest absolute Gasteiger partial charge is 0.381 e. The Morgan fingerprint density at radius 2 is 2.28 bits per heavy atom. The molecule has 0 aliphatic carbocycles. The van der Waals surface area contributed by atoms with E-state index < -0.39 is 5.82 Å². The number of allylic oxidation sites excluding steroid dienone is 1. The highest BCUT2D eigenvalue weighted by Gasteiger charge is 2.32. The van der Waals surface area contributed by atoms with E-state index in [2.05, 4.69) is 20.3 Å². The van der Waals surface area contributed by atoms with Gasteiger partial charge in [0.05, 0.1) is 11.2 Å². The molecule has 2 aliphatic rings. The third-order valence-corrected chi connectivity index (χ3v) is 3.06. The number of aromatic nitrogens is 2. The van der Waals surface area contributed by atoms with Crippen molar-refractivity contribution in [2.45, 2.75) is 6.17 Å². The fourth-order valence-electron chi connectivity index (χ4n) is 1.96. The lowest BCUT2D eigenvalue weighted by molar-refractivity contribution is 0.575. The van der Waals surface area contributed by atoms with Crippen molar-refractivity contribution in [2.75, 3.05) is 5.73 Å². The van der Waals surface area contributed by atoms with E-state index in [1.807, 2.05) is 6.08 Å². The Labute approximate surface area is 107 Å². The molecule has 3 heterocycles. The van der Waals surface area contributed by atoms with Crippen LogP contribution in [0.5, 0.6) is 0 Å². The molecule has 2 atom stereocenters. The fraction of sp³-hybridized carbons (Fsp3) is 0.182. The number of dihydropyridines is 1. The number of anilines is 1. The Balaban J connectivity index is 1.98. The minimum Gasteiger partial charge on any atom is -0.381 e. The van der Waals surface area contributed by atoms with E-state index in [9.17, 15) is 4.39 Å². The average Bonchev–Trinajstić information content (AvgIpc) is 2.75. The molecule has 2 aliphatic heterocycles. The van der Waals surface area contributed by atoms with Crippen molar-refractivity contribution in [3.8, 4) is 0 Å². The molecule has 3 N–H and O–H groups in total. The minimum atomic E-state index is -0.628. The summed E-state index contributed by atoms with van der Waals surface area (Å²) in [6.45, 7) is 0. The highest BCUT2D eigenvalue weighted by atomic mass is 35.5. The van der Waals surface area contributed by atoms with Crippen LogP contribution in [0.15, 0.2) is 28.5 Å². The summed E-state index contributed by atoms with van der Waals surface area (Å²) in [4.78, 5) is 12.1. The summed E-state index contributed by atoms with van der Waals surface area (Å²) in [7, 11) is 0. The van der Waals surface area contributed by atoms with E-state index in [1.165, 1.54) is 0 Å². The van der Waals surface area contributed by atoms with Crippen LogP contribution in [0, 0.1) is 11.7 Å². The molecule has 1 aromatic heterocycles. The standard InChI is InChI=1S/C11H9ClFN5/c12-5-1-6-7(3-16-10(6)15-2-5)11-17-4-8(13)9(14)18-11/h1-4,6,10,16H,(H2,14,17,18). The van der Waals surface area contributed by atoms with Crippen molar-refractivity contribution in [3.05, 3.63) is 35.1 Å². The van der Waals surface area contributed by atoms with Crippen LogP contribution < -0.4 is 11.1 Å². The summed E-state index contributed by atoms with van der Waals surface area (Å²) in [5.74, 6) is -0.477. The van der Waals surface area contributed by atoms with Crippen molar-refractivity contribution in [1.82, 2.24) is 15.3 Å². The average molecular weight is 266 g/mol. The first-order chi connectivity index (χ1) is 8.65. The van der Waals surface area contributed by atoms with Gasteiger partial charge in [0.1, 0.15) is 6.17 Å². The van der Waals surface area contributed by atoms with Crippen LogP contribution in [-0.4, -0.2) is 22.3 Å². The maximum atomic E-state index is 13.0. The van der Waals surface area contributed by atoms with Crippen LogP contribution in [0.2, 0.25) is 0 Å². The van der Waals surface area contributed by atoms with Gasteiger partial charge in [0.25, 0.3) is 0 Å². The van der Waals surface area contributed by atoms with Crippen molar-refractivity contribution in [3.63, 3.8) is 0 Å². The lowest BCUT2D eigenvalue weighted by Crippen LogP contribution is -2.26. The third-order valence-electron chi connectivity index (χ3n) is 2.84. The number of nitrogen functional groups attached to an aromatic ring is 1. The zero-order valence-corrected chi connectivity index (χ0v) is 9.89. The van der Waals surface area contributed by atoms with E-state index in [1.54, 1.807) is 12.4 Å². The van der Waals surface area contributed by atoms with Gasteiger partial charge in [-0.15, -0.1) is 0 Å². The smallest absolute Gasteiger partial charge is 0.183 e. The van der Waals surface area contributed by atoms with E-state index in [0.717, 1.165) is 11.8 Å². The van der Waals surface area contributed by atoms with Gasteiger partial charge >= 0.3 is 0 Å². The van der Waals surface area contributed by atoms with Crippen molar-refractivity contribution >= 4 is 29.2 Å². The van der Waals surface area contributed by atoms with E-state index >= 15 is 0 Å². The second kappa shape index (κ2) is 4.06. The quantitative estimate of drug-likeness (QED) is 0.802. The first-order valence-electron chi connectivity index (χ1n) is 5.30. The van der Waals surface area contributed by atoms with Crippen LogP contribution in [0.3, 0.4) is 0 Å². The van der Waals surface area contributed by atoms with Crippen LogP contribution in [0.25, 0.3) is 5.57 Å². The molecule has 18 heavy (non-hydrogen) atoms. The van der Waals surface area contributed by atoms with Gasteiger partial charge in [0.15, 0.2) is 17.5 Å². The summed E-state index contributed by atoms with van der Waals surface area (Å²) in [5, 5.41) is 3.64. The van der Waals surface area contributed by atoms with Crippen molar-refractivity contribution < 1.29 is 4.39 Å². The predicted molar refractivity (Wildman–Crippen MR) is 67.2 cm³/mol. The Hall–Kier alpha value is -1.95. The molecule has 0 bridgehead atoms. The molecular weight excluding hydrogens is 257 g/mol. The van der Waals surface area contributed by atoms with Gasteiger partial charge in [0, 0.05) is 23.9 Å². The molecule has 0 spiro atoms. The number of halogens is 2. The molecule has 0 saturated heterocycles. The summed E-state index contributed by atoms with van der Waals surface area (Å²) in [5.41, 5.74) is 6.23. The van der Waals surface area contributed by atoms with Crippen molar-refractivity contribution in [1.29, 1.82) is 0 Å². The number of nitrogens with one attached hydrogen (secondary N) is 1. The van der Waals surface area contributed by atoms with Gasteiger partial charge in [0.2, 0.25) is 0 Å². The molecule has 0 fully saturated rings. The monoisotopic (exact) mass is 265 g/mol. The Bertz CT molecular complexity index is 595. The zero-order valence-electron chi connectivity index (χ0n) is 9.14. The summed E-state index contributed by atoms with van der Waals surface area (Å²) in [6, 6.07) is 0. The first kappa shape index (κ1) is 11.2. The minimum absolute atomic E-state index is 0.0626. The molecular formula is C11H9ClFN5. The summed E-state index contributed by atoms with van der Waals surface area (Å²) >= 11 is 5.92. The van der Waals surface area contributed by atoms with E-state index in [4.69, 9.17) is 17.3 Å². The zero-order chi connectivity index (χ0) is 12.7. The molecule has 1 aromatic rings. The van der Waals surface area contributed by atoms with E-state index in [-0.39, 0.29) is 17.9 Å². The number of aliphatic imine (C=N–C) groups is 1. The van der Waals surface area contributed by atoms with E-state index in [0.29, 0.717) is 10.9 Å². The molecule has 92 valence electrons. The number of hydrogen-bond acceptors (Lipinski definition) is 5. The highest BCUT2D eigenvalue weighted by Crippen LogP contribution is 2.33. The summed E-state index contributed by atoms with van der Waals surface area (Å²) in [6.07, 6.45) is 6.15. The Morgan fingerprint density at radius 3 is 3.06 bits per heavy atom. The highest BCUT2D eigenvalue weighted by molar-refractivity contribution is 6.39. The number of nitrogens with zero attached hydrogens (tertiary/aromatic N) is 3. The maximum absolute atomic E-state index is 13.0. The number of fused-ring (bicyclic) bond motifs is 1. The lowest BCUT2D eigenvalue weighted by Gasteiger charge is -2.18. The van der Waals surface area contributed by atoms with Crippen molar-refractivity contribution in [2.24, 2.45) is 10.9 Å². The molecule has 5 nitrogen and oxygen atoms in total. The molecule has 0 amide bonds. The number of rotatable bonds is 1. The Kier molecular flexibility index (Phi) is 2.52. The molecule has 0 radical (unpaired) electrons. The van der Waals surface area contributed by atoms with Gasteiger partial charge in [-0.25, -0.2) is 14.4 Å². The summed E-state index contributed by atoms with van der Waals surface area (Å²) < 4.78 is 13.0. The number of nitrogens with two attached hydrogens (primary N) is 1. The van der Waals surface area contributed by atoms with Gasteiger partial charge < -0.3 is 11.1 Å². The normalized spacial score (nSPS) is 25.2. The second-order valence-corrected chi connectivity index (χ2v) is 4.43. The molecule has 0 aromatic carbocycles. The Morgan fingerprint density at radius 1 is 1.44 bits per heavy atom. The molecule has 0 saturated carbocycles. The SMILES string of the molecule is Nc1nc(C2=CNC3N=CC(Cl)=CC23)ncc1F. The molecule has 3 rings (SSSR count). The van der Waals surface area contributed by atoms with Crippen LogP contribution in [0.1, 0.15) is 5.82 Å². The van der Waals surface area contributed by atoms with Crippen LogP contribution >= 0.6 is 11.6 Å². The van der Waals surface area contributed by atoms with Gasteiger partial charge in [-0.3, -0.25) is 4.99 Å². The van der Waals surface area contributed by atoms with Crippen LogP contribution in [-0.2, 0) is 0 Å². The molecule has 2 unspecified atom stereocenters. The molecule has 7 heteroatoms. The second-order valence-electron chi connectivity index (χ2n) is 3.99. The lowest BCUT2D eigenvalue weighted by atomic mass is 9.97. The van der Waals surface area contributed by atoms with Gasteiger partial charge in [-0.1, -0.05) is 17.7 Å².